The molecule has 1 aliphatic carbocycles. The van der Waals surface area contributed by atoms with Crippen LogP contribution in [0.15, 0.2) is 47.0 Å². The molecule has 1 aliphatic heterocycles. The molecule has 2 aromatic rings. The molecule has 1 fully saturated rings. The summed E-state index contributed by atoms with van der Waals surface area (Å²) in [6, 6.07) is 3.66. The van der Waals surface area contributed by atoms with Gasteiger partial charge in [0.2, 0.25) is 0 Å². The van der Waals surface area contributed by atoms with Crippen molar-refractivity contribution in [3.8, 4) is 0 Å². The number of fused-ring (bicyclic) bond motifs is 1. The average molecular weight is 377 g/mol. The van der Waals surface area contributed by atoms with Gasteiger partial charge in [-0.1, -0.05) is 6.07 Å². The summed E-state index contributed by atoms with van der Waals surface area (Å²) in [6.45, 7) is 3.78. The Labute approximate surface area is 163 Å². The number of carbonyl (C=O) groups excluding carboxylic acids is 2. The van der Waals surface area contributed by atoms with Gasteiger partial charge in [0.1, 0.15) is 11.6 Å². The minimum Gasteiger partial charge on any atom is -0.307 e. The second-order valence-electron chi connectivity index (χ2n) is 7.50. The van der Waals surface area contributed by atoms with Gasteiger partial charge in [-0.15, -0.1) is 0 Å². The molecule has 0 saturated heterocycles. The molecular formula is C21H23N5O2. The molecule has 1 N–H and O–H groups in total. The summed E-state index contributed by atoms with van der Waals surface area (Å²) >= 11 is 0. The van der Waals surface area contributed by atoms with Gasteiger partial charge in [0.15, 0.2) is 0 Å². The molecule has 4 rings (SSSR count). The molecule has 1 saturated carbocycles. The molecular weight excluding hydrogens is 354 g/mol. The monoisotopic (exact) mass is 377 g/mol. The quantitative estimate of drug-likeness (QED) is 0.891. The summed E-state index contributed by atoms with van der Waals surface area (Å²) in [5, 5.41) is 7.14. The SMILES string of the molecule is CC1=C(C(=O)Nc2ccc(C)cn2)[C@H](c2cnn(C)c2)[C@H]2C(=O)CCCC2=N1. The standard InChI is InChI=1S/C21H23N5O2/c1-12-7-8-17(22-9-12)25-21(28)18-13(2)24-15-5-4-6-16(27)20(15)19(18)14-10-23-26(3)11-14/h7-11,19-20H,4-6H2,1-3H3,(H,22,25,28)/t19-,20+/m0/s1. The number of aryl methyl sites for hydroxylation is 2. The zero-order valence-electron chi connectivity index (χ0n) is 16.3. The van der Waals surface area contributed by atoms with Crippen molar-refractivity contribution in [1.29, 1.82) is 0 Å². The van der Waals surface area contributed by atoms with Crippen LogP contribution in [0.25, 0.3) is 0 Å². The summed E-state index contributed by atoms with van der Waals surface area (Å²) in [5.74, 6) is -0.424. The van der Waals surface area contributed by atoms with E-state index in [2.05, 4.69) is 20.4 Å². The van der Waals surface area contributed by atoms with Crippen molar-refractivity contribution in [2.75, 3.05) is 5.32 Å². The number of aliphatic imine (C=N–C) groups is 1. The highest BCUT2D eigenvalue weighted by atomic mass is 16.2. The first kappa shape index (κ1) is 18.3. The van der Waals surface area contributed by atoms with E-state index >= 15 is 0 Å². The van der Waals surface area contributed by atoms with Crippen molar-refractivity contribution in [3.63, 3.8) is 0 Å². The van der Waals surface area contributed by atoms with E-state index in [9.17, 15) is 9.59 Å². The molecule has 2 aliphatic rings. The Kier molecular flexibility index (Phi) is 4.66. The van der Waals surface area contributed by atoms with Gasteiger partial charge in [0.25, 0.3) is 5.91 Å². The molecule has 7 heteroatoms. The van der Waals surface area contributed by atoms with Crippen LogP contribution in [-0.4, -0.2) is 32.2 Å². The summed E-state index contributed by atoms with van der Waals surface area (Å²) in [5.41, 5.74) is 3.92. The molecule has 0 aromatic carbocycles. The highest BCUT2D eigenvalue weighted by Gasteiger charge is 2.43. The fourth-order valence-corrected chi connectivity index (χ4v) is 4.10. The van der Waals surface area contributed by atoms with Crippen LogP contribution in [0.2, 0.25) is 0 Å². The van der Waals surface area contributed by atoms with Crippen molar-refractivity contribution in [1.82, 2.24) is 14.8 Å². The number of Topliss-reactive ketones (excluding diaryl/α,β-unsaturated/α-hetero) is 1. The molecule has 144 valence electrons. The van der Waals surface area contributed by atoms with E-state index in [0.29, 0.717) is 23.5 Å². The van der Waals surface area contributed by atoms with E-state index in [1.807, 2.05) is 33.2 Å². The van der Waals surface area contributed by atoms with Gasteiger partial charge >= 0.3 is 0 Å². The van der Waals surface area contributed by atoms with E-state index in [-0.39, 0.29) is 17.6 Å². The third-order valence-electron chi connectivity index (χ3n) is 5.39. The molecule has 1 amide bonds. The first-order valence-corrected chi connectivity index (χ1v) is 9.47. The lowest BCUT2D eigenvalue weighted by molar-refractivity contribution is -0.122. The second-order valence-corrected chi connectivity index (χ2v) is 7.50. The number of hydrogen-bond acceptors (Lipinski definition) is 5. The summed E-state index contributed by atoms with van der Waals surface area (Å²) in [4.78, 5) is 35.0. The highest BCUT2D eigenvalue weighted by Crippen LogP contribution is 2.42. The van der Waals surface area contributed by atoms with Gasteiger partial charge in [0.05, 0.1) is 12.1 Å². The number of rotatable bonds is 3. The molecule has 0 unspecified atom stereocenters. The van der Waals surface area contributed by atoms with E-state index < -0.39 is 5.92 Å². The van der Waals surface area contributed by atoms with Crippen LogP contribution in [-0.2, 0) is 16.6 Å². The highest BCUT2D eigenvalue weighted by molar-refractivity contribution is 6.13. The number of nitrogens with zero attached hydrogens (tertiary/aromatic N) is 4. The van der Waals surface area contributed by atoms with E-state index in [1.54, 1.807) is 23.1 Å². The Balaban J connectivity index is 1.76. The van der Waals surface area contributed by atoms with Crippen LogP contribution in [0.1, 0.15) is 43.2 Å². The maximum Gasteiger partial charge on any atom is 0.255 e. The van der Waals surface area contributed by atoms with Crippen LogP contribution in [0.4, 0.5) is 5.82 Å². The number of carbonyl (C=O) groups is 2. The zero-order valence-corrected chi connectivity index (χ0v) is 16.3. The summed E-state index contributed by atoms with van der Waals surface area (Å²) in [6.07, 6.45) is 7.44. The maximum atomic E-state index is 13.2. The minimum absolute atomic E-state index is 0.144. The zero-order chi connectivity index (χ0) is 19.8. The molecule has 0 bridgehead atoms. The third-order valence-corrected chi connectivity index (χ3v) is 5.39. The van der Waals surface area contributed by atoms with Crippen molar-refractivity contribution >= 4 is 23.2 Å². The van der Waals surface area contributed by atoms with Crippen molar-refractivity contribution in [3.05, 3.63) is 53.1 Å². The van der Waals surface area contributed by atoms with Crippen LogP contribution in [0, 0.1) is 12.8 Å². The lowest BCUT2D eigenvalue weighted by Gasteiger charge is -2.35. The van der Waals surface area contributed by atoms with Gasteiger partial charge in [-0.25, -0.2) is 4.98 Å². The first-order valence-electron chi connectivity index (χ1n) is 9.47. The predicted molar refractivity (Wildman–Crippen MR) is 106 cm³/mol. The fraction of sp³-hybridized carbons (Fsp3) is 0.381. The largest absolute Gasteiger partial charge is 0.307 e. The van der Waals surface area contributed by atoms with Crippen LogP contribution < -0.4 is 5.32 Å². The Morgan fingerprint density at radius 2 is 2.00 bits per heavy atom. The number of nitrogens with one attached hydrogen (secondary N) is 1. The number of pyridine rings is 1. The van der Waals surface area contributed by atoms with Gasteiger partial charge in [-0.2, -0.15) is 5.10 Å². The van der Waals surface area contributed by atoms with Crippen LogP contribution >= 0.6 is 0 Å². The van der Waals surface area contributed by atoms with Gasteiger partial charge in [-0.05, 0) is 43.9 Å². The molecule has 28 heavy (non-hydrogen) atoms. The van der Waals surface area contributed by atoms with Gasteiger partial charge in [-0.3, -0.25) is 19.3 Å². The molecule has 0 radical (unpaired) electrons. The number of ketones is 1. The van der Waals surface area contributed by atoms with Crippen LogP contribution in [0.5, 0.6) is 0 Å². The Morgan fingerprint density at radius 1 is 1.18 bits per heavy atom. The van der Waals surface area contributed by atoms with Crippen molar-refractivity contribution in [2.45, 2.75) is 39.0 Å². The topological polar surface area (TPSA) is 89.2 Å². The second kappa shape index (κ2) is 7.14. The number of amides is 1. The van der Waals surface area contributed by atoms with Crippen molar-refractivity contribution < 1.29 is 9.59 Å². The van der Waals surface area contributed by atoms with E-state index in [0.717, 1.165) is 29.7 Å². The Bertz CT molecular complexity index is 1000. The van der Waals surface area contributed by atoms with E-state index in [4.69, 9.17) is 0 Å². The molecule has 2 aromatic heterocycles. The summed E-state index contributed by atoms with van der Waals surface area (Å²) < 4.78 is 1.69. The summed E-state index contributed by atoms with van der Waals surface area (Å²) in [7, 11) is 1.83. The number of anilines is 1. The van der Waals surface area contributed by atoms with E-state index in [1.165, 1.54) is 0 Å². The minimum atomic E-state index is -0.395. The number of hydrogen-bond donors (Lipinski definition) is 1. The number of aromatic nitrogens is 3. The molecule has 3 heterocycles. The molecule has 7 nitrogen and oxygen atoms in total. The lowest BCUT2D eigenvalue weighted by atomic mass is 9.70. The number of allylic oxidation sites excluding steroid dienone is 1. The Morgan fingerprint density at radius 3 is 2.68 bits per heavy atom. The molecule has 2 atom stereocenters. The maximum absolute atomic E-state index is 13.2. The average Bonchev–Trinajstić information content (AvgIpc) is 3.08. The third kappa shape index (κ3) is 3.28. The van der Waals surface area contributed by atoms with Crippen LogP contribution in [0.3, 0.4) is 0 Å². The van der Waals surface area contributed by atoms with Gasteiger partial charge < -0.3 is 5.32 Å². The lowest BCUT2D eigenvalue weighted by Crippen LogP contribution is -2.39. The Hall–Kier alpha value is -3.09. The first-order chi connectivity index (χ1) is 13.4. The molecule has 0 spiro atoms. The van der Waals surface area contributed by atoms with Gasteiger partial charge in [0, 0.05) is 48.8 Å². The smallest absolute Gasteiger partial charge is 0.255 e. The van der Waals surface area contributed by atoms with Crippen molar-refractivity contribution in [2.24, 2.45) is 18.0 Å². The normalized spacial score (nSPS) is 22.0. The fourth-order valence-electron chi connectivity index (χ4n) is 4.10. The predicted octanol–water partition coefficient (Wildman–Crippen LogP) is 2.94.